The fraction of sp³-hybridized carbons (Fsp3) is 0.200. The molecule has 4 nitrogen and oxygen atoms in total. The Morgan fingerprint density at radius 1 is 1.19 bits per heavy atom. The number of hydrogen-bond donors (Lipinski definition) is 2. The minimum Gasteiger partial charge on any atom is -0.365 e. The Hall–Kier alpha value is -1.85. The van der Waals surface area contributed by atoms with Crippen LogP contribution < -0.4 is 11.1 Å². The summed E-state index contributed by atoms with van der Waals surface area (Å²) in [6, 6.07) is 6.59. The first-order valence-electron chi connectivity index (χ1n) is 6.57. The first-order valence-corrected chi connectivity index (χ1v) is 7.77. The molecule has 3 rings (SSSR count). The van der Waals surface area contributed by atoms with Gasteiger partial charge in [0.25, 0.3) is 11.8 Å². The molecular formula is C15H13ClN2O2S. The summed E-state index contributed by atoms with van der Waals surface area (Å²) >= 11 is 7.25. The van der Waals surface area contributed by atoms with Crippen molar-refractivity contribution in [2.24, 2.45) is 5.73 Å². The van der Waals surface area contributed by atoms with Gasteiger partial charge in [-0.25, -0.2) is 0 Å². The van der Waals surface area contributed by atoms with Gasteiger partial charge in [0.1, 0.15) is 5.00 Å². The second-order valence-corrected chi connectivity index (χ2v) is 6.43. The molecule has 21 heavy (non-hydrogen) atoms. The van der Waals surface area contributed by atoms with Gasteiger partial charge < -0.3 is 11.1 Å². The number of rotatable bonds is 3. The lowest BCUT2D eigenvalue weighted by Crippen LogP contribution is -2.17. The molecule has 0 aliphatic heterocycles. The van der Waals surface area contributed by atoms with Gasteiger partial charge in [0, 0.05) is 15.5 Å². The molecule has 3 N–H and O–H groups in total. The topological polar surface area (TPSA) is 72.2 Å². The van der Waals surface area contributed by atoms with Crippen molar-refractivity contribution in [3.8, 4) is 0 Å². The van der Waals surface area contributed by atoms with Crippen LogP contribution in [-0.2, 0) is 12.8 Å². The lowest BCUT2D eigenvalue weighted by molar-refractivity contribution is 0.100. The first kappa shape index (κ1) is 14.1. The Labute approximate surface area is 130 Å². The van der Waals surface area contributed by atoms with Gasteiger partial charge in [-0.15, -0.1) is 11.3 Å². The van der Waals surface area contributed by atoms with Crippen molar-refractivity contribution >= 4 is 39.8 Å². The van der Waals surface area contributed by atoms with Gasteiger partial charge in [-0.05, 0) is 49.1 Å². The number of fused-ring (bicyclic) bond motifs is 1. The van der Waals surface area contributed by atoms with Crippen molar-refractivity contribution in [2.45, 2.75) is 19.3 Å². The molecule has 6 heteroatoms. The lowest BCUT2D eigenvalue weighted by atomic mass is 10.1. The summed E-state index contributed by atoms with van der Waals surface area (Å²) in [6.07, 6.45) is 2.82. The van der Waals surface area contributed by atoms with E-state index in [1.54, 1.807) is 24.3 Å². The normalized spacial score (nSPS) is 13.0. The second-order valence-electron chi connectivity index (χ2n) is 4.89. The van der Waals surface area contributed by atoms with Crippen LogP contribution in [0.25, 0.3) is 0 Å². The first-order chi connectivity index (χ1) is 10.1. The SMILES string of the molecule is NC(=O)c1c(NC(=O)c2ccc(Cl)cc2)sc2c1CCC2. The molecule has 1 aliphatic rings. The Kier molecular flexibility index (Phi) is 3.69. The fourth-order valence-electron chi connectivity index (χ4n) is 2.53. The predicted molar refractivity (Wildman–Crippen MR) is 84.3 cm³/mol. The standard InChI is InChI=1S/C15H13ClN2O2S/c16-9-6-4-8(5-7-9)14(20)18-15-12(13(17)19)10-2-1-3-11(10)21-15/h4-7H,1-3H2,(H2,17,19)(H,18,20). The molecule has 1 heterocycles. The van der Waals surface area contributed by atoms with Crippen molar-refractivity contribution in [2.75, 3.05) is 5.32 Å². The van der Waals surface area contributed by atoms with Crippen molar-refractivity contribution in [1.82, 2.24) is 0 Å². The van der Waals surface area contributed by atoms with Crippen LogP contribution in [0, 0.1) is 0 Å². The monoisotopic (exact) mass is 320 g/mol. The molecule has 1 aliphatic carbocycles. The van der Waals surface area contributed by atoms with Crippen LogP contribution in [-0.4, -0.2) is 11.8 Å². The van der Waals surface area contributed by atoms with Gasteiger partial charge in [-0.2, -0.15) is 0 Å². The van der Waals surface area contributed by atoms with Crippen molar-refractivity contribution in [3.63, 3.8) is 0 Å². The van der Waals surface area contributed by atoms with E-state index in [-0.39, 0.29) is 5.91 Å². The maximum atomic E-state index is 12.2. The summed E-state index contributed by atoms with van der Waals surface area (Å²) in [4.78, 5) is 25.0. The van der Waals surface area contributed by atoms with E-state index in [1.807, 2.05) is 0 Å². The van der Waals surface area contributed by atoms with Crippen LogP contribution >= 0.6 is 22.9 Å². The summed E-state index contributed by atoms with van der Waals surface area (Å²) in [5, 5.41) is 3.91. The highest BCUT2D eigenvalue weighted by Gasteiger charge is 2.26. The van der Waals surface area contributed by atoms with Gasteiger partial charge in [0.15, 0.2) is 0 Å². The number of aryl methyl sites for hydroxylation is 1. The quantitative estimate of drug-likeness (QED) is 0.911. The highest BCUT2D eigenvalue weighted by atomic mass is 35.5. The van der Waals surface area contributed by atoms with Gasteiger partial charge in [-0.1, -0.05) is 11.6 Å². The number of carbonyl (C=O) groups is 2. The summed E-state index contributed by atoms with van der Waals surface area (Å²) in [6.45, 7) is 0. The molecule has 0 saturated carbocycles. The average molecular weight is 321 g/mol. The fourth-order valence-corrected chi connectivity index (χ4v) is 3.95. The van der Waals surface area contributed by atoms with E-state index in [0.717, 1.165) is 29.7 Å². The molecular weight excluding hydrogens is 308 g/mol. The minimum atomic E-state index is -0.485. The third kappa shape index (κ3) is 2.66. The number of nitrogens with two attached hydrogens (primary N) is 1. The molecule has 0 atom stereocenters. The minimum absolute atomic E-state index is 0.269. The van der Waals surface area contributed by atoms with Gasteiger partial charge >= 0.3 is 0 Å². The maximum Gasteiger partial charge on any atom is 0.256 e. The average Bonchev–Trinajstić information content (AvgIpc) is 2.98. The Morgan fingerprint density at radius 3 is 2.57 bits per heavy atom. The molecule has 0 bridgehead atoms. The van der Waals surface area contributed by atoms with Gasteiger partial charge in [0.2, 0.25) is 0 Å². The molecule has 1 aromatic heterocycles. The van der Waals surface area contributed by atoms with Crippen LogP contribution in [0.1, 0.15) is 37.6 Å². The summed E-state index contributed by atoms with van der Waals surface area (Å²) in [7, 11) is 0. The van der Waals surface area contributed by atoms with Crippen LogP contribution in [0.5, 0.6) is 0 Å². The van der Waals surface area contributed by atoms with E-state index in [9.17, 15) is 9.59 Å². The Bertz CT molecular complexity index is 722. The third-order valence-corrected chi connectivity index (χ3v) is 4.96. The number of hydrogen-bond acceptors (Lipinski definition) is 3. The Morgan fingerprint density at radius 2 is 1.90 bits per heavy atom. The van der Waals surface area contributed by atoms with Crippen LogP contribution in [0.4, 0.5) is 5.00 Å². The third-order valence-electron chi connectivity index (χ3n) is 3.50. The van der Waals surface area contributed by atoms with Gasteiger partial charge in [0.05, 0.1) is 5.56 Å². The zero-order valence-electron chi connectivity index (χ0n) is 11.1. The van der Waals surface area contributed by atoms with Crippen molar-refractivity contribution in [1.29, 1.82) is 0 Å². The number of primary amides is 1. The van der Waals surface area contributed by atoms with Crippen molar-refractivity contribution < 1.29 is 9.59 Å². The molecule has 0 fully saturated rings. The molecule has 2 aromatic rings. The summed E-state index contributed by atoms with van der Waals surface area (Å²) in [5.41, 5.74) is 7.42. The molecule has 1 aromatic carbocycles. The highest BCUT2D eigenvalue weighted by molar-refractivity contribution is 7.17. The van der Waals surface area contributed by atoms with E-state index in [2.05, 4.69) is 5.32 Å². The van der Waals surface area contributed by atoms with Crippen LogP contribution in [0.15, 0.2) is 24.3 Å². The lowest BCUT2D eigenvalue weighted by Gasteiger charge is -2.06. The zero-order chi connectivity index (χ0) is 15.0. The largest absolute Gasteiger partial charge is 0.365 e. The second kappa shape index (κ2) is 5.50. The number of thiophene rings is 1. The Balaban J connectivity index is 1.90. The maximum absolute atomic E-state index is 12.2. The van der Waals surface area contributed by atoms with Crippen LogP contribution in [0.3, 0.4) is 0 Å². The van der Waals surface area contributed by atoms with E-state index < -0.39 is 5.91 Å². The number of nitrogens with one attached hydrogen (secondary N) is 1. The number of carbonyl (C=O) groups excluding carboxylic acids is 2. The summed E-state index contributed by atoms with van der Waals surface area (Å²) in [5.74, 6) is -0.755. The number of amides is 2. The predicted octanol–water partition coefficient (Wildman–Crippen LogP) is 3.24. The van der Waals surface area contributed by atoms with E-state index in [4.69, 9.17) is 17.3 Å². The van der Waals surface area contributed by atoms with E-state index >= 15 is 0 Å². The number of benzene rings is 1. The zero-order valence-corrected chi connectivity index (χ0v) is 12.7. The number of anilines is 1. The van der Waals surface area contributed by atoms with Gasteiger partial charge in [-0.3, -0.25) is 9.59 Å². The molecule has 0 saturated heterocycles. The van der Waals surface area contributed by atoms with E-state index in [0.29, 0.717) is 21.2 Å². The number of halogens is 1. The smallest absolute Gasteiger partial charge is 0.256 e. The molecule has 2 amide bonds. The molecule has 108 valence electrons. The van der Waals surface area contributed by atoms with Crippen molar-refractivity contribution in [3.05, 3.63) is 50.9 Å². The highest BCUT2D eigenvalue weighted by Crippen LogP contribution is 2.38. The van der Waals surface area contributed by atoms with Crippen LogP contribution in [0.2, 0.25) is 5.02 Å². The molecule has 0 unspecified atom stereocenters. The molecule has 0 spiro atoms. The van der Waals surface area contributed by atoms with E-state index in [1.165, 1.54) is 11.3 Å². The summed E-state index contributed by atoms with van der Waals surface area (Å²) < 4.78 is 0. The molecule has 0 radical (unpaired) electrons.